The Kier molecular flexibility index (Phi) is 3.29. The highest BCUT2D eigenvalue weighted by Crippen LogP contribution is 2.38. The van der Waals surface area contributed by atoms with Crippen LogP contribution in [0.1, 0.15) is 37.3 Å². The van der Waals surface area contributed by atoms with Crippen LogP contribution in [0.2, 0.25) is 0 Å². The summed E-state index contributed by atoms with van der Waals surface area (Å²) in [5, 5.41) is 10.0. The van der Waals surface area contributed by atoms with Gasteiger partial charge in [0.15, 0.2) is 0 Å². The second kappa shape index (κ2) is 4.93. The largest absolute Gasteiger partial charge is 0.508 e. The van der Waals surface area contributed by atoms with E-state index in [1.807, 2.05) is 12.1 Å². The third kappa shape index (κ3) is 2.03. The van der Waals surface area contributed by atoms with E-state index in [1.54, 1.807) is 0 Å². The molecule has 0 radical (unpaired) electrons. The molecule has 0 spiro atoms. The second-order valence-electron chi connectivity index (χ2n) is 5.83. The molecule has 1 N–H and O–H groups in total. The standard InChI is InChI=1S/C16H23NO/c1-2-8-17-9-4-6-13-10-12-5-3-7-16(18)14(12)11-15(13)17/h3,5,7,13,15,18H,2,4,6,8-11H2,1H3/t13-,15-/m0/s1. The molecule has 2 atom stereocenters. The maximum absolute atomic E-state index is 10.0. The van der Waals surface area contributed by atoms with Crippen molar-refractivity contribution in [2.24, 2.45) is 5.92 Å². The molecule has 0 unspecified atom stereocenters. The summed E-state index contributed by atoms with van der Waals surface area (Å²) in [6.07, 6.45) is 6.15. The minimum absolute atomic E-state index is 0.507. The number of fused-ring (bicyclic) bond motifs is 2. The molecule has 98 valence electrons. The molecule has 0 amide bonds. The Labute approximate surface area is 110 Å². The minimum atomic E-state index is 0.507. The van der Waals surface area contributed by atoms with E-state index in [-0.39, 0.29) is 0 Å². The van der Waals surface area contributed by atoms with Crippen LogP contribution >= 0.6 is 0 Å². The van der Waals surface area contributed by atoms with Crippen molar-refractivity contribution in [1.29, 1.82) is 0 Å². The van der Waals surface area contributed by atoms with Gasteiger partial charge in [0.25, 0.3) is 0 Å². The molecule has 3 rings (SSSR count). The summed E-state index contributed by atoms with van der Waals surface area (Å²) in [4.78, 5) is 2.66. The van der Waals surface area contributed by atoms with Crippen LogP contribution in [0.25, 0.3) is 0 Å². The van der Waals surface area contributed by atoms with E-state index >= 15 is 0 Å². The molecule has 1 heterocycles. The van der Waals surface area contributed by atoms with Gasteiger partial charge in [0.2, 0.25) is 0 Å². The maximum Gasteiger partial charge on any atom is 0.119 e. The van der Waals surface area contributed by atoms with Crippen LogP contribution in [0.5, 0.6) is 5.75 Å². The topological polar surface area (TPSA) is 23.5 Å². The molecular formula is C16H23NO. The van der Waals surface area contributed by atoms with Crippen LogP contribution in [0.4, 0.5) is 0 Å². The highest BCUT2D eigenvalue weighted by molar-refractivity contribution is 5.42. The van der Waals surface area contributed by atoms with Crippen LogP contribution < -0.4 is 0 Å². The van der Waals surface area contributed by atoms with E-state index in [0.717, 1.165) is 18.8 Å². The van der Waals surface area contributed by atoms with Crippen molar-refractivity contribution in [3.05, 3.63) is 29.3 Å². The Balaban J connectivity index is 1.88. The smallest absolute Gasteiger partial charge is 0.119 e. The monoisotopic (exact) mass is 245 g/mol. The zero-order valence-electron chi connectivity index (χ0n) is 11.2. The molecule has 1 aliphatic carbocycles. The minimum Gasteiger partial charge on any atom is -0.508 e. The van der Waals surface area contributed by atoms with Crippen LogP contribution in [-0.4, -0.2) is 29.1 Å². The van der Waals surface area contributed by atoms with Gasteiger partial charge in [-0.15, -0.1) is 0 Å². The van der Waals surface area contributed by atoms with Crippen molar-refractivity contribution in [1.82, 2.24) is 4.90 Å². The number of hydrogen-bond acceptors (Lipinski definition) is 2. The van der Waals surface area contributed by atoms with E-state index in [1.165, 1.54) is 43.5 Å². The van der Waals surface area contributed by atoms with Gasteiger partial charge in [-0.2, -0.15) is 0 Å². The second-order valence-corrected chi connectivity index (χ2v) is 5.83. The SMILES string of the molecule is CCCN1CCC[C@H]2Cc3cccc(O)c3C[C@@H]21. The zero-order valence-corrected chi connectivity index (χ0v) is 11.2. The van der Waals surface area contributed by atoms with Gasteiger partial charge in [-0.3, -0.25) is 4.90 Å². The molecular weight excluding hydrogens is 222 g/mol. The molecule has 1 aromatic carbocycles. The zero-order chi connectivity index (χ0) is 12.5. The summed E-state index contributed by atoms with van der Waals surface area (Å²) in [5.41, 5.74) is 2.59. The average Bonchev–Trinajstić information content (AvgIpc) is 2.38. The molecule has 18 heavy (non-hydrogen) atoms. The Morgan fingerprint density at radius 2 is 2.22 bits per heavy atom. The fourth-order valence-electron chi connectivity index (χ4n) is 3.85. The fraction of sp³-hybridized carbons (Fsp3) is 0.625. The third-order valence-corrected chi connectivity index (χ3v) is 4.69. The third-order valence-electron chi connectivity index (χ3n) is 4.69. The molecule has 2 aliphatic rings. The molecule has 1 fully saturated rings. The predicted molar refractivity (Wildman–Crippen MR) is 73.9 cm³/mol. The number of benzene rings is 1. The molecule has 1 aromatic rings. The van der Waals surface area contributed by atoms with Crippen molar-refractivity contribution in [3.8, 4) is 5.75 Å². The summed E-state index contributed by atoms with van der Waals surface area (Å²) in [5.74, 6) is 1.31. The first kappa shape index (κ1) is 12.0. The molecule has 0 aromatic heterocycles. The maximum atomic E-state index is 10.0. The van der Waals surface area contributed by atoms with Gasteiger partial charge in [-0.25, -0.2) is 0 Å². The summed E-state index contributed by atoms with van der Waals surface area (Å²) in [6.45, 7) is 4.72. The van der Waals surface area contributed by atoms with Gasteiger partial charge in [-0.1, -0.05) is 19.1 Å². The molecule has 1 aliphatic heterocycles. The number of phenolic OH excluding ortho intramolecular Hbond substituents is 1. The molecule has 2 heteroatoms. The summed E-state index contributed by atoms with van der Waals surface area (Å²) in [7, 11) is 0. The Morgan fingerprint density at radius 3 is 3.06 bits per heavy atom. The number of aromatic hydroxyl groups is 1. The van der Waals surface area contributed by atoms with Crippen molar-refractivity contribution < 1.29 is 5.11 Å². The number of likely N-dealkylation sites (tertiary alicyclic amines) is 1. The lowest BCUT2D eigenvalue weighted by molar-refractivity contribution is 0.0848. The Morgan fingerprint density at radius 1 is 1.33 bits per heavy atom. The lowest BCUT2D eigenvalue weighted by Crippen LogP contribution is -2.49. The van der Waals surface area contributed by atoms with E-state index in [2.05, 4.69) is 17.9 Å². The van der Waals surface area contributed by atoms with Crippen LogP contribution in [0.15, 0.2) is 18.2 Å². The number of piperidine rings is 1. The van der Waals surface area contributed by atoms with Gasteiger partial charge < -0.3 is 5.11 Å². The van der Waals surface area contributed by atoms with Gasteiger partial charge in [0.05, 0.1) is 0 Å². The Hall–Kier alpha value is -1.02. The number of phenols is 1. The Bertz CT molecular complexity index is 427. The van der Waals surface area contributed by atoms with Crippen molar-refractivity contribution >= 4 is 0 Å². The van der Waals surface area contributed by atoms with Gasteiger partial charge in [0, 0.05) is 6.04 Å². The predicted octanol–water partition coefficient (Wildman–Crippen LogP) is 2.98. The van der Waals surface area contributed by atoms with Crippen LogP contribution in [0, 0.1) is 5.92 Å². The molecule has 0 bridgehead atoms. The van der Waals surface area contributed by atoms with Crippen LogP contribution in [0.3, 0.4) is 0 Å². The van der Waals surface area contributed by atoms with Crippen LogP contribution in [-0.2, 0) is 12.8 Å². The quantitative estimate of drug-likeness (QED) is 0.866. The van der Waals surface area contributed by atoms with E-state index < -0.39 is 0 Å². The summed E-state index contributed by atoms with van der Waals surface area (Å²) >= 11 is 0. The fourth-order valence-corrected chi connectivity index (χ4v) is 3.85. The lowest BCUT2D eigenvalue weighted by Gasteiger charge is -2.44. The highest BCUT2D eigenvalue weighted by atomic mass is 16.3. The van der Waals surface area contributed by atoms with Gasteiger partial charge in [-0.05, 0) is 68.3 Å². The number of hydrogen-bond donors (Lipinski definition) is 1. The van der Waals surface area contributed by atoms with Crippen molar-refractivity contribution in [3.63, 3.8) is 0 Å². The van der Waals surface area contributed by atoms with E-state index in [9.17, 15) is 5.11 Å². The van der Waals surface area contributed by atoms with Gasteiger partial charge >= 0.3 is 0 Å². The first-order valence-corrected chi connectivity index (χ1v) is 7.33. The normalized spacial score (nSPS) is 27.6. The number of rotatable bonds is 2. The first-order valence-electron chi connectivity index (χ1n) is 7.33. The van der Waals surface area contributed by atoms with E-state index in [0.29, 0.717) is 11.8 Å². The summed E-state index contributed by atoms with van der Waals surface area (Å²) in [6, 6.07) is 6.69. The van der Waals surface area contributed by atoms with Gasteiger partial charge in [0.1, 0.15) is 5.75 Å². The molecule has 2 nitrogen and oxygen atoms in total. The molecule has 0 saturated carbocycles. The number of nitrogens with zero attached hydrogens (tertiary/aromatic N) is 1. The molecule has 1 saturated heterocycles. The van der Waals surface area contributed by atoms with E-state index in [4.69, 9.17) is 0 Å². The lowest BCUT2D eigenvalue weighted by atomic mass is 9.75. The summed E-state index contributed by atoms with van der Waals surface area (Å²) < 4.78 is 0. The first-order chi connectivity index (χ1) is 8.79. The van der Waals surface area contributed by atoms with Crippen molar-refractivity contribution in [2.45, 2.75) is 45.1 Å². The average molecular weight is 245 g/mol. The highest BCUT2D eigenvalue weighted by Gasteiger charge is 2.35. The van der Waals surface area contributed by atoms with Crippen molar-refractivity contribution in [2.75, 3.05) is 13.1 Å².